The third kappa shape index (κ3) is 2.16. The number of carbonyl (C=O) groups is 1. The lowest BCUT2D eigenvalue weighted by Crippen LogP contribution is -2.52. The van der Waals surface area contributed by atoms with Crippen LogP contribution in [-0.4, -0.2) is 30.2 Å². The zero-order valence-corrected chi connectivity index (χ0v) is 9.29. The summed E-state index contributed by atoms with van der Waals surface area (Å²) in [4.78, 5) is 12.0. The molecule has 3 unspecified atom stereocenters. The van der Waals surface area contributed by atoms with Crippen molar-refractivity contribution in [3.63, 3.8) is 0 Å². The van der Waals surface area contributed by atoms with Crippen LogP contribution in [0.15, 0.2) is 0 Å². The van der Waals surface area contributed by atoms with Gasteiger partial charge in [-0.15, -0.1) is 0 Å². The van der Waals surface area contributed by atoms with E-state index in [0.29, 0.717) is 6.61 Å². The van der Waals surface area contributed by atoms with Crippen molar-refractivity contribution in [2.24, 2.45) is 5.73 Å². The van der Waals surface area contributed by atoms with Gasteiger partial charge in [0, 0.05) is 18.7 Å². The van der Waals surface area contributed by atoms with Gasteiger partial charge >= 0.3 is 0 Å². The first-order valence-corrected chi connectivity index (χ1v) is 5.82. The summed E-state index contributed by atoms with van der Waals surface area (Å²) in [5.74, 6) is 0.0161. The van der Waals surface area contributed by atoms with Crippen molar-refractivity contribution >= 4 is 5.91 Å². The highest BCUT2D eigenvalue weighted by Crippen LogP contribution is 2.26. The van der Waals surface area contributed by atoms with E-state index < -0.39 is 5.60 Å². The van der Waals surface area contributed by atoms with Crippen molar-refractivity contribution in [2.75, 3.05) is 6.61 Å². The van der Waals surface area contributed by atoms with E-state index in [9.17, 15) is 4.79 Å². The summed E-state index contributed by atoms with van der Waals surface area (Å²) in [5, 5.41) is 3.02. The Bertz CT molecular complexity index is 249. The van der Waals surface area contributed by atoms with Crippen molar-refractivity contribution in [1.29, 1.82) is 0 Å². The lowest BCUT2D eigenvalue weighted by Gasteiger charge is -2.26. The van der Waals surface area contributed by atoms with Gasteiger partial charge in [0.2, 0.25) is 0 Å². The third-order valence-corrected chi connectivity index (χ3v) is 3.59. The summed E-state index contributed by atoms with van der Waals surface area (Å²) >= 11 is 0. The van der Waals surface area contributed by atoms with Crippen LogP contribution in [0, 0.1) is 0 Å². The molecule has 0 aromatic heterocycles. The van der Waals surface area contributed by atoms with Gasteiger partial charge < -0.3 is 15.8 Å². The van der Waals surface area contributed by atoms with Gasteiger partial charge in [-0.25, -0.2) is 0 Å². The van der Waals surface area contributed by atoms with E-state index >= 15 is 0 Å². The van der Waals surface area contributed by atoms with Crippen molar-refractivity contribution < 1.29 is 9.53 Å². The van der Waals surface area contributed by atoms with Crippen LogP contribution < -0.4 is 11.1 Å². The van der Waals surface area contributed by atoms with Crippen molar-refractivity contribution in [3.05, 3.63) is 0 Å². The van der Waals surface area contributed by atoms with E-state index in [-0.39, 0.29) is 18.0 Å². The van der Waals surface area contributed by atoms with E-state index in [1.807, 2.05) is 6.92 Å². The van der Waals surface area contributed by atoms with E-state index in [2.05, 4.69) is 5.32 Å². The summed E-state index contributed by atoms with van der Waals surface area (Å²) in [6.07, 6.45) is 4.93. The molecule has 15 heavy (non-hydrogen) atoms. The smallest absolute Gasteiger partial charge is 0.252 e. The van der Waals surface area contributed by atoms with Gasteiger partial charge in [-0.3, -0.25) is 4.79 Å². The molecule has 4 nitrogen and oxygen atoms in total. The first-order valence-electron chi connectivity index (χ1n) is 5.82. The molecular weight excluding hydrogens is 192 g/mol. The molecule has 1 amide bonds. The SMILES string of the molecule is CC1(C(=O)NC2CCCC2N)CCCO1. The molecule has 4 heteroatoms. The van der Waals surface area contributed by atoms with Crippen LogP contribution in [0.25, 0.3) is 0 Å². The Balaban J connectivity index is 1.91. The fourth-order valence-corrected chi connectivity index (χ4v) is 2.45. The highest BCUT2D eigenvalue weighted by atomic mass is 16.5. The minimum atomic E-state index is -0.609. The summed E-state index contributed by atoms with van der Waals surface area (Å²) in [5.41, 5.74) is 5.30. The first kappa shape index (κ1) is 10.9. The van der Waals surface area contributed by atoms with Gasteiger partial charge in [0.05, 0.1) is 0 Å². The predicted molar refractivity (Wildman–Crippen MR) is 57.3 cm³/mol. The van der Waals surface area contributed by atoms with Crippen LogP contribution in [0.4, 0.5) is 0 Å². The zero-order valence-electron chi connectivity index (χ0n) is 9.29. The van der Waals surface area contributed by atoms with E-state index in [1.54, 1.807) is 0 Å². The van der Waals surface area contributed by atoms with Crippen LogP contribution in [0.1, 0.15) is 39.0 Å². The van der Waals surface area contributed by atoms with Crippen LogP contribution >= 0.6 is 0 Å². The molecule has 1 saturated carbocycles. The fourth-order valence-electron chi connectivity index (χ4n) is 2.45. The Labute approximate surface area is 90.5 Å². The Hall–Kier alpha value is -0.610. The monoisotopic (exact) mass is 212 g/mol. The Morgan fingerprint density at radius 3 is 2.80 bits per heavy atom. The molecule has 1 saturated heterocycles. The number of nitrogens with two attached hydrogens (primary N) is 1. The topological polar surface area (TPSA) is 64.4 Å². The van der Waals surface area contributed by atoms with Gasteiger partial charge in [0.1, 0.15) is 5.60 Å². The van der Waals surface area contributed by atoms with Crippen LogP contribution in [0.2, 0.25) is 0 Å². The molecule has 0 aromatic rings. The van der Waals surface area contributed by atoms with Gasteiger partial charge in [0.15, 0.2) is 0 Å². The number of hydrogen-bond acceptors (Lipinski definition) is 3. The molecule has 2 rings (SSSR count). The van der Waals surface area contributed by atoms with Crippen LogP contribution in [0.5, 0.6) is 0 Å². The van der Waals surface area contributed by atoms with E-state index in [0.717, 1.165) is 32.1 Å². The summed E-state index contributed by atoms with van der Waals surface area (Å²) in [7, 11) is 0. The Kier molecular flexibility index (Phi) is 2.98. The normalized spacial score (nSPS) is 40.7. The van der Waals surface area contributed by atoms with Crippen LogP contribution in [-0.2, 0) is 9.53 Å². The van der Waals surface area contributed by atoms with Gasteiger partial charge in [-0.05, 0) is 39.0 Å². The molecule has 1 aliphatic heterocycles. The second kappa shape index (κ2) is 4.10. The highest BCUT2D eigenvalue weighted by molar-refractivity contribution is 5.85. The molecule has 0 spiro atoms. The summed E-state index contributed by atoms with van der Waals surface area (Å²) < 4.78 is 5.49. The molecule has 3 N–H and O–H groups in total. The van der Waals surface area contributed by atoms with Crippen molar-refractivity contribution in [3.8, 4) is 0 Å². The molecule has 86 valence electrons. The van der Waals surface area contributed by atoms with Gasteiger partial charge in [-0.2, -0.15) is 0 Å². The lowest BCUT2D eigenvalue weighted by atomic mass is 10.0. The Morgan fingerprint density at radius 2 is 2.27 bits per heavy atom. The highest BCUT2D eigenvalue weighted by Gasteiger charge is 2.39. The fraction of sp³-hybridized carbons (Fsp3) is 0.909. The predicted octanol–water partition coefficient (Wildman–Crippen LogP) is 0.551. The second-order valence-electron chi connectivity index (χ2n) is 4.86. The average molecular weight is 212 g/mol. The number of nitrogens with one attached hydrogen (secondary N) is 1. The second-order valence-corrected chi connectivity index (χ2v) is 4.86. The molecule has 0 radical (unpaired) electrons. The van der Waals surface area contributed by atoms with Gasteiger partial charge in [0.25, 0.3) is 5.91 Å². The molecular formula is C11H20N2O2. The van der Waals surface area contributed by atoms with Crippen molar-refractivity contribution in [2.45, 2.75) is 56.7 Å². The standard InChI is InChI=1S/C11H20N2O2/c1-11(6-3-7-15-11)10(14)13-9-5-2-4-8(9)12/h8-9H,2-7,12H2,1H3,(H,13,14). The zero-order chi connectivity index (χ0) is 10.9. The van der Waals surface area contributed by atoms with Gasteiger partial charge in [-0.1, -0.05) is 0 Å². The molecule has 1 heterocycles. The molecule has 0 bridgehead atoms. The summed E-state index contributed by atoms with van der Waals surface area (Å²) in [6, 6.07) is 0.275. The largest absolute Gasteiger partial charge is 0.365 e. The molecule has 2 fully saturated rings. The third-order valence-electron chi connectivity index (χ3n) is 3.59. The first-order chi connectivity index (χ1) is 7.12. The quantitative estimate of drug-likeness (QED) is 0.702. The number of carbonyl (C=O) groups excluding carboxylic acids is 1. The minimum absolute atomic E-state index is 0.0161. The number of hydrogen-bond donors (Lipinski definition) is 2. The van der Waals surface area contributed by atoms with E-state index in [4.69, 9.17) is 10.5 Å². The number of rotatable bonds is 2. The molecule has 0 aromatic carbocycles. The molecule has 3 atom stereocenters. The minimum Gasteiger partial charge on any atom is -0.365 e. The van der Waals surface area contributed by atoms with Crippen LogP contribution in [0.3, 0.4) is 0 Å². The van der Waals surface area contributed by atoms with E-state index in [1.165, 1.54) is 0 Å². The lowest BCUT2D eigenvalue weighted by molar-refractivity contribution is -0.140. The summed E-state index contributed by atoms with van der Waals surface area (Å²) in [6.45, 7) is 2.57. The molecule has 1 aliphatic carbocycles. The number of amides is 1. The average Bonchev–Trinajstić information content (AvgIpc) is 2.78. The Morgan fingerprint density at radius 1 is 1.47 bits per heavy atom. The maximum atomic E-state index is 12.0. The maximum absolute atomic E-state index is 12.0. The number of ether oxygens (including phenoxy) is 1. The van der Waals surface area contributed by atoms with Crippen molar-refractivity contribution in [1.82, 2.24) is 5.32 Å². The molecule has 2 aliphatic rings. The maximum Gasteiger partial charge on any atom is 0.252 e.